The normalized spacial score (nSPS) is 10.7. The quantitative estimate of drug-likeness (QED) is 0.770. The van der Waals surface area contributed by atoms with Gasteiger partial charge in [-0.3, -0.25) is 9.40 Å². The highest BCUT2D eigenvalue weighted by Gasteiger charge is 2.16. The molecule has 0 unspecified atom stereocenters. The third-order valence-corrected chi connectivity index (χ3v) is 3.61. The Balaban J connectivity index is 2.25. The summed E-state index contributed by atoms with van der Waals surface area (Å²) in [4.78, 5) is 4.15. The van der Waals surface area contributed by atoms with Crippen LogP contribution >= 0.6 is 0 Å². The zero-order chi connectivity index (χ0) is 14.6. The van der Waals surface area contributed by atoms with Crippen LogP contribution in [0, 0.1) is 11.8 Å². The van der Waals surface area contributed by atoms with Gasteiger partial charge in [0, 0.05) is 13.2 Å². The van der Waals surface area contributed by atoms with Crippen LogP contribution in [0.1, 0.15) is 5.69 Å². The zero-order valence-corrected chi connectivity index (χ0v) is 11.6. The van der Waals surface area contributed by atoms with Crippen molar-refractivity contribution >= 4 is 15.8 Å². The van der Waals surface area contributed by atoms with Crippen LogP contribution in [0.15, 0.2) is 35.5 Å². The minimum Gasteiger partial charge on any atom is -0.320 e. The minimum absolute atomic E-state index is 0.0697. The lowest BCUT2D eigenvalue weighted by Gasteiger charge is -2.05. The largest absolute Gasteiger partial charge is 0.320 e. The average molecular weight is 291 g/mol. The van der Waals surface area contributed by atoms with Crippen LogP contribution in [-0.4, -0.2) is 29.7 Å². The average Bonchev–Trinajstić information content (AvgIpc) is 2.84. The minimum atomic E-state index is -3.70. The van der Waals surface area contributed by atoms with Crippen LogP contribution in [0.4, 0.5) is 5.82 Å². The van der Waals surface area contributed by atoms with E-state index < -0.39 is 10.0 Å². The molecule has 0 saturated carbocycles. The van der Waals surface area contributed by atoms with Gasteiger partial charge in [-0.2, -0.15) is 5.10 Å². The molecular formula is C12H13N5O2S. The molecule has 2 rings (SSSR count). The predicted octanol–water partition coefficient (Wildman–Crippen LogP) is -0.0739. The summed E-state index contributed by atoms with van der Waals surface area (Å²) in [6, 6.07) is 4.88. The van der Waals surface area contributed by atoms with E-state index in [1.807, 2.05) is 0 Å². The van der Waals surface area contributed by atoms with E-state index in [0.717, 1.165) is 0 Å². The number of nitrogens with one attached hydrogen (secondary N) is 1. The maximum Gasteiger partial charge on any atom is 0.266 e. The highest BCUT2D eigenvalue weighted by Crippen LogP contribution is 2.13. The molecule has 0 atom stereocenters. The summed E-state index contributed by atoms with van der Waals surface area (Å²) in [6.07, 6.45) is 2.67. The van der Waals surface area contributed by atoms with Crippen molar-refractivity contribution < 1.29 is 8.42 Å². The van der Waals surface area contributed by atoms with Crippen LogP contribution in [0.5, 0.6) is 0 Å². The van der Waals surface area contributed by atoms with Gasteiger partial charge in [0.15, 0.2) is 0 Å². The fourth-order valence-corrected chi connectivity index (χ4v) is 2.42. The smallest absolute Gasteiger partial charge is 0.266 e. The molecule has 0 radical (unpaired) electrons. The van der Waals surface area contributed by atoms with Crippen LogP contribution in [0.2, 0.25) is 0 Å². The van der Waals surface area contributed by atoms with Crippen molar-refractivity contribution in [3.05, 3.63) is 36.3 Å². The lowest BCUT2D eigenvalue weighted by molar-refractivity contribution is 0.601. The van der Waals surface area contributed by atoms with Crippen molar-refractivity contribution in [3.8, 4) is 11.8 Å². The maximum atomic E-state index is 12.1. The standard InChI is InChI=1S/C12H13N5O2S/c1-17-9-11(8-14-17)20(18,19)16-12-6-2-4-10(15-12)5-3-7-13/h2,4,6,8-9H,7,13H2,1H3,(H,15,16). The summed E-state index contributed by atoms with van der Waals surface area (Å²) < 4.78 is 27.9. The molecule has 0 amide bonds. The molecule has 3 N–H and O–H groups in total. The molecule has 8 heteroatoms. The molecule has 7 nitrogen and oxygen atoms in total. The molecule has 20 heavy (non-hydrogen) atoms. The van der Waals surface area contributed by atoms with Crippen LogP contribution in [0.25, 0.3) is 0 Å². The van der Waals surface area contributed by atoms with Crippen molar-refractivity contribution in [1.82, 2.24) is 14.8 Å². The number of anilines is 1. The van der Waals surface area contributed by atoms with E-state index in [2.05, 4.69) is 26.6 Å². The summed E-state index contributed by atoms with van der Waals surface area (Å²) in [6.45, 7) is 0.216. The SMILES string of the molecule is Cn1cc(S(=O)(=O)Nc2cccc(C#CCN)n2)cn1. The topological polar surface area (TPSA) is 103 Å². The van der Waals surface area contributed by atoms with Gasteiger partial charge in [0.1, 0.15) is 16.4 Å². The molecule has 0 aromatic carbocycles. The second-order valence-corrected chi connectivity index (χ2v) is 5.55. The number of hydrogen-bond acceptors (Lipinski definition) is 5. The lowest BCUT2D eigenvalue weighted by Crippen LogP contribution is -2.13. The van der Waals surface area contributed by atoms with Gasteiger partial charge in [-0.15, -0.1) is 0 Å². The molecule has 2 heterocycles. The summed E-state index contributed by atoms with van der Waals surface area (Å²) in [5.41, 5.74) is 5.72. The third-order valence-electron chi connectivity index (χ3n) is 2.30. The van der Waals surface area contributed by atoms with Gasteiger partial charge in [0.25, 0.3) is 10.0 Å². The third kappa shape index (κ3) is 3.34. The van der Waals surface area contributed by atoms with E-state index in [1.54, 1.807) is 25.2 Å². The highest BCUT2D eigenvalue weighted by molar-refractivity contribution is 7.92. The Bertz CT molecular complexity index is 770. The second-order valence-electron chi connectivity index (χ2n) is 3.87. The van der Waals surface area contributed by atoms with Crippen LogP contribution in [0.3, 0.4) is 0 Å². The molecular weight excluding hydrogens is 278 g/mol. The van der Waals surface area contributed by atoms with Crippen molar-refractivity contribution in [2.75, 3.05) is 11.3 Å². The first kappa shape index (κ1) is 14.0. The van der Waals surface area contributed by atoms with Crippen LogP contribution < -0.4 is 10.5 Å². The molecule has 0 aliphatic rings. The fraction of sp³-hybridized carbons (Fsp3) is 0.167. The van der Waals surface area contributed by atoms with Gasteiger partial charge in [-0.1, -0.05) is 12.0 Å². The van der Waals surface area contributed by atoms with Crippen molar-refractivity contribution in [1.29, 1.82) is 0 Å². The van der Waals surface area contributed by atoms with Gasteiger partial charge in [-0.05, 0) is 18.1 Å². The second kappa shape index (κ2) is 5.73. The molecule has 0 bridgehead atoms. The van der Waals surface area contributed by atoms with E-state index in [1.165, 1.54) is 17.1 Å². The number of hydrogen-bond donors (Lipinski definition) is 2. The Morgan fingerprint density at radius 3 is 2.90 bits per heavy atom. The van der Waals surface area contributed by atoms with E-state index in [4.69, 9.17) is 5.73 Å². The van der Waals surface area contributed by atoms with E-state index in [-0.39, 0.29) is 17.3 Å². The Morgan fingerprint density at radius 1 is 1.45 bits per heavy atom. The number of aromatic nitrogens is 3. The maximum absolute atomic E-state index is 12.1. The van der Waals surface area contributed by atoms with Gasteiger partial charge in [-0.25, -0.2) is 13.4 Å². The Kier molecular flexibility index (Phi) is 4.02. The van der Waals surface area contributed by atoms with Gasteiger partial charge >= 0.3 is 0 Å². The molecule has 0 fully saturated rings. The molecule has 0 aliphatic heterocycles. The summed E-state index contributed by atoms with van der Waals surface area (Å²) in [5.74, 6) is 5.58. The first-order valence-corrected chi connectivity index (χ1v) is 7.17. The summed E-state index contributed by atoms with van der Waals surface area (Å²) in [7, 11) is -2.06. The zero-order valence-electron chi connectivity index (χ0n) is 10.7. The van der Waals surface area contributed by atoms with Gasteiger partial charge in [0.2, 0.25) is 0 Å². The number of nitrogens with two attached hydrogens (primary N) is 1. The number of aryl methyl sites for hydroxylation is 1. The molecule has 2 aromatic rings. The van der Waals surface area contributed by atoms with Gasteiger partial charge < -0.3 is 5.73 Å². The Hall–Kier alpha value is -2.37. The monoisotopic (exact) mass is 291 g/mol. The van der Waals surface area contributed by atoms with E-state index in [9.17, 15) is 8.42 Å². The van der Waals surface area contributed by atoms with Gasteiger partial charge in [0.05, 0.1) is 12.7 Å². The van der Waals surface area contributed by atoms with E-state index >= 15 is 0 Å². The first-order chi connectivity index (χ1) is 9.51. The molecule has 0 aliphatic carbocycles. The number of nitrogens with zero attached hydrogens (tertiary/aromatic N) is 3. The predicted molar refractivity (Wildman–Crippen MR) is 74.2 cm³/mol. The van der Waals surface area contributed by atoms with Crippen molar-refractivity contribution in [2.24, 2.45) is 12.8 Å². The van der Waals surface area contributed by atoms with Crippen LogP contribution in [-0.2, 0) is 17.1 Å². The van der Waals surface area contributed by atoms with E-state index in [0.29, 0.717) is 5.69 Å². The molecule has 0 saturated heterocycles. The van der Waals surface area contributed by atoms with Crippen molar-refractivity contribution in [2.45, 2.75) is 4.90 Å². The van der Waals surface area contributed by atoms with Crippen molar-refractivity contribution in [3.63, 3.8) is 0 Å². The summed E-state index contributed by atoms with van der Waals surface area (Å²) in [5, 5.41) is 3.82. The first-order valence-electron chi connectivity index (χ1n) is 5.69. The fourth-order valence-electron chi connectivity index (χ4n) is 1.44. The molecule has 2 aromatic heterocycles. The number of pyridine rings is 1. The number of rotatable bonds is 3. The Morgan fingerprint density at radius 2 is 2.25 bits per heavy atom. The highest BCUT2D eigenvalue weighted by atomic mass is 32.2. The molecule has 0 spiro atoms. The lowest BCUT2D eigenvalue weighted by atomic mass is 10.3. The summed E-state index contributed by atoms with van der Waals surface area (Å²) >= 11 is 0. The molecule has 104 valence electrons. The number of sulfonamides is 1. The Labute approximate surface area is 116 Å².